The summed E-state index contributed by atoms with van der Waals surface area (Å²) in [5.41, 5.74) is 2.26. The highest BCUT2D eigenvalue weighted by molar-refractivity contribution is 6.33. The summed E-state index contributed by atoms with van der Waals surface area (Å²) in [6.07, 6.45) is 2.07. The largest absolute Gasteiger partial charge is 0.469 e. The van der Waals surface area contributed by atoms with Crippen LogP contribution in [0.2, 0.25) is 5.02 Å². The van der Waals surface area contributed by atoms with Crippen molar-refractivity contribution < 1.29 is 9.53 Å². The van der Waals surface area contributed by atoms with Gasteiger partial charge >= 0.3 is 5.97 Å². The molecule has 0 aliphatic heterocycles. The second-order valence-corrected chi connectivity index (χ2v) is 5.52. The minimum Gasteiger partial charge on any atom is -0.469 e. The number of nitrogens with zero attached hydrogens (tertiary/aromatic N) is 2. The number of ether oxygens (including phenoxy) is 1. The van der Waals surface area contributed by atoms with Gasteiger partial charge < -0.3 is 10.1 Å². The number of halogens is 1. The van der Waals surface area contributed by atoms with E-state index in [-0.39, 0.29) is 11.9 Å². The standard InChI is InChI=1S/C17H16ClN3O2/c1-11(17(22)23-2)7-12-3-5-14(6-4-12)21-16-15(18)8-13(9-19)10-20-16/h3-6,8,10-11H,7H2,1-2H3,(H,20,21). The molecule has 0 aliphatic rings. The third-order valence-electron chi connectivity index (χ3n) is 3.33. The van der Waals surface area contributed by atoms with E-state index in [0.29, 0.717) is 22.8 Å². The maximum atomic E-state index is 11.4. The fourth-order valence-corrected chi connectivity index (χ4v) is 2.30. The molecule has 23 heavy (non-hydrogen) atoms. The number of hydrogen-bond donors (Lipinski definition) is 1. The van der Waals surface area contributed by atoms with Crippen molar-refractivity contribution in [2.24, 2.45) is 5.92 Å². The highest BCUT2D eigenvalue weighted by Crippen LogP contribution is 2.24. The van der Waals surface area contributed by atoms with E-state index >= 15 is 0 Å². The Morgan fingerprint density at radius 1 is 1.43 bits per heavy atom. The van der Waals surface area contributed by atoms with Crippen LogP contribution in [0.1, 0.15) is 18.1 Å². The van der Waals surface area contributed by atoms with E-state index in [2.05, 4.69) is 10.3 Å². The van der Waals surface area contributed by atoms with E-state index in [9.17, 15) is 4.79 Å². The first kappa shape index (κ1) is 16.8. The summed E-state index contributed by atoms with van der Waals surface area (Å²) < 4.78 is 4.72. The van der Waals surface area contributed by atoms with Crippen molar-refractivity contribution in [2.45, 2.75) is 13.3 Å². The van der Waals surface area contributed by atoms with Crippen molar-refractivity contribution in [3.8, 4) is 6.07 Å². The highest BCUT2D eigenvalue weighted by Gasteiger charge is 2.13. The molecule has 0 spiro atoms. The number of nitriles is 1. The molecule has 1 N–H and O–H groups in total. The Morgan fingerprint density at radius 2 is 2.13 bits per heavy atom. The Labute approximate surface area is 139 Å². The lowest BCUT2D eigenvalue weighted by atomic mass is 10.0. The van der Waals surface area contributed by atoms with E-state index in [4.69, 9.17) is 21.6 Å². The summed E-state index contributed by atoms with van der Waals surface area (Å²) >= 11 is 6.08. The Hall–Kier alpha value is -2.58. The van der Waals surface area contributed by atoms with Crippen molar-refractivity contribution in [3.05, 3.63) is 52.7 Å². The Balaban J connectivity index is 2.06. The number of pyridine rings is 1. The van der Waals surface area contributed by atoms with Crippen LogP contribution < -0.4 is 5.32 Å². The number of nitrogens with one attached hydrogen (secondary N) is 1. The topological polar surface area (TPSA) is 75.0 Å². The molecule has 0 radical (unpaired) electrons. The predicted octanol–water partition coefficient (Wildman–Crippen LogP) is 3.70. The zero-order valence-corrected chi connectivity index (χ0v) is 13.6. The summed E-state index contributed by atoms with van der Waals surface area (Å²) in [4.78, 5) is 15.6. The molecular formula is C17H16ClN3O2. The third-order valence-corrected chi connectivity index (χ3v) is 3.62. The van der Waals surface area contributed by atoms with Crippen LogP contribution in [-0.2, 0) is 16.0 Å². The Kier molecular flexibility index (Phi) is 5.56. The predicted molar refractivity (Wildman–Crippen MR) is 88.6 cm³/mol. The van der Waals surface area contributed by atoms with Gasteiger partial charge in [0.15, 0.2) is 0 Å². The van der Waals surface area contributed by atoms with Crippen LogP contribution in [0, 0.1) is 17.2 Å². The van der Waals surface area contributed by atoms with Gasteiger partial charge in [-0.25, -0.2) is 4.98 Å². The molecule has 0 saturated carbocycles. The first-order valence-electron chi connectivity index (χ1n) is 7.03. The van der Waals surface area contributed by atoms with Gasteiger partial charge in [0.2, 0.25) is 0 Å². The molecule has 0 bridgehead atoms. The number of anilines is 2. The number of rotatable bonds is 5. The second kappa shape index (κ2) is 7.61. The molecule has 0 saturated heterocycles. The summed E-state index contributed by atoms with van der Waals surface area (Å²) in [6, 6.07) is 11.2. The molecule has 1 unspecified atom stereocenters. The van der Waals surface area contributed by atoms with Crippen LogP contribution in [0.3, 0.4) is 0 Å². The molecule has 5 nitrogen and oxygen atoms in total. The van der Waals surface area contributed by atoms with E-state index in [0.717, 1.165) is 11.3 Å². The van der Waals surface area contributed by atoms with Crippen LogP contribution in [0.4, 0.5) is 11.5 Å². The molecule has 2 rings (SSSR count). The summed E-state index contributed by atoms with van der Waals surface area (Å²) in [6.45, 7) is 1.83. The number of carbonyl (C=O) groups is 1. The summed E-state index contributed by atoms with van der Waals surface area (Å²) in [5.74, 6) is 0.0792. The van der Waals surface area contributed by atoms with Gasteiger partial charge in [-0.1, -0.05) is 30.7 Å². The normalized spacial score (nSPS) is 11.4. The minimum atomic E-state index is -0.222. The quantitative estimate of drug-likeness (QED) is 0.846. The van der Waals surface area contributed by atoms with Gasteiger partial charge in [-0.3, -0.25) is 4.79 Å². The molecule has 1 atom stereocenters. The molecule has 2 aromatic rings. The lowest BCUT2D eigenvalue weighted by molar-refractivity contribution is -0.144. The molecule has 0 amide bonds. The van der Waals surface area contributed by atoms with Crippen LogP contribution in [-0.4, -0.2) is 18.1 Å². The number of esters is 1. The molecule has 1 aromatic carbocycles. The molecule has 6 heteroatoms. The van der Waals surface area contributed by atoms with Gasteiger partial charge in [-0.05, 0) is 30.2 Å². The van der Waals surface area contributed by atoms with Crippen molar-refractivity contribution >= 4 is 29.1 Å². The average Bonchev–Trinajstić information content (AvgIpc) is 2.57. The van der Waals surface area contributed by atoms with E-state index < -0.39 is 0 Å². The Bertz CT molecular complexity index is 738. The van der Waals surface area contributed by atoms with Crippen LogP contribution in [0.5, 0.6) is 0 Å². The van der Waals surface area contributed by atoms with Gasteiger partial charge in [0, 0.05) is 11.9 Å². The van der Waals surface area contributed by atoms with Gasteiger partial charge in [-0.2, -0.15) is 5.26 Å². The molecule has 0 fully saturated rings. The lowest BCUT2D eigenvalue weighted by Gasteiger charge is -2.11. The smallest absolute Gasteiger partial charge is 0.308 e. The molecule has 1 aromatic heterocycles. The van der Waals surface area contributed by atoms with E-state index in [1.165, 1.54) is 13.3 Å². The second-order valence-electron chi connectivity index (χ2n) is 5.12. The van der Waals surface area contributed by atoms with Crippen LogP contribution in [0.25, 0.3) is 0 Å². The number of hydrogen-bond acceptors (Lipinski definition) is 5. The highest BCUT2D eigenvalue weighted by atomic mass is 35.5. The SMILES string of the molecule is COC(=O)C(C)Cc1ccc(Nc2ncc(C#N)cc2Cl)cc1. The number of carbonyl (C=O) groups excluding carboxylic acids is 1. The van der Waals surface area contributed by atoms with Gasteiger partial charge in [-0.15, -0.1) is 0 Å². The Morgan fingerprint density at radius 3 is 2.70 bits per heavy atom. The first-order valence-corrected chi connectivity index (χ1v) is 7.40. The monoisotopic (exact) mass is 329 g/mol. The number of methoxy groups -OCH3 is 1. The van der Waals surface area contributed by atoms with Gasteiger partial charge in [0.25, 0.3) is 0 Å². The fraction of sp³-hybridized carbons (Fsp3) is 0.235. The lowest BCUT2D eigenvalue weighted by Crippen LogP contribution is -2.15. The van der Waals surface area contributed by atoms with E-state index in [1.807, 2.05) is 37.3 Å². The maximum Gasteiger partial charge on any atom is 0.308 e. The summed E-state index contributed by atoms with van der Waals surface area (Å²) in [7, 11) is 1.39. The third kappa shape index (κ3) is 4.44. The molecule has 0 aliphatic carbocycles. The number of aromatic nitrogens is 1. The minimum absolute atomic E-state index is 0.187. The average molecular weight is 330 g/mol. The first-order chi connectivity index (χ1) is 11.0. The van der Waals surface area contributed by atoms with Gasteiger partial charge in [0.05, 0.1) is 23.6 Å². The van der Waals surface area contributed by atoms with Crippen molar-refractivity contribution in [3.63, 3.8) is 0 Å². The maximum absolute atomic E-state index is 11.4. The van der Waals surface area contributed by atoms with Crippen molar-refractivity contribution in [1.82, 2.24) is 4.98 Å². The zero-order chi connectivity index (χ0) is 16.8. The molecule has 118 valence electrons. The van der Waals surface area contributed by atoms with Crippen molar-refractivity contribution in [1.29, 1.82) is 5.26 Å². The zero-order valence-electron chi connectivity index (χ0n) is 12.8. The van der Waals surface area contributed by atoms with Gasteiger partial charge in [0.1, 0.15) is 11.9 Å². The van der Waals surface area contributed by atoms with Crippen molar-refractivity contribution in [2.75, 3.05) is 12.4 Å². The molecular weight excluding hydrogens is 314 g/mol. The van der Waals surface area contributed by atoms with E-state index in [1.54, 1.807) is 6.07 Å². The van der Waals surface area contributed by atoms with Crippen LogP contribution >= 0.6 is 11.6 Å². The summed E-state index contributed by atoms with van der Waals surface area (Å²) in [5, 5.41) is 12.3. The molecule has 1 heterocycles. The van der Waals surface area contributed by atoms with Crippen LogP contribution in [0.15, 0.2) is 36.5 Å². The fourth-order valence-electron chi connectivity index (χ4n) is 2.09. The number of benzene rings is 1.